The number of nitrogens with zero attached hydrogens (tertiary/aromatic N) is 3. The second-order valence-corrected chi connectivity index (χ2v) is 5.62. The van der Waals surface area contributed by atoms with Crippen LogP contribution in [0.3, 0.4) is 0 Å². The van der Waals surface area contributed by atoms with Crippen molar-refractivity contribution in [2.24, 2.45) is 5.16 Å². The monoisotopic (exact) mass is 305 g/mol. The van der Waals surface area contributed by atoms with Crippen molar-refractivity contribution in [2.45, 2.75) is 20.4 Å². The first-order valence-corrected chi connectivity index (χ1v) is 7.53. The molecule has 3 aromatic rings. The summed E-state index contributed by atoms with van der Waals surface area (Å²) >= 11 is 0. The van der Waals surface area contributed by atoms with Crippen LogP contribution >= 0.6 is 0 Å². The maximum Gasteiger partial charge on any atom is 0.212 e. The first-order valence-electron chi connectivity index (χ1n) is 7.53. The number of carbonyl (C=O) groups is 1. The molecular formula is C18H15N3O2. The number of fused-ring (bicyclic) bond motifs is 3. The molecule has 0 saturated carbocycles. The van der Waals surface area contributed by atoms with Gasteiger partial charge in [-0.1, -0.05) is 29.4 Å². The lowest BCUT2D eigenvalue weighted by atomic mass is 9.87. The number of carbonyl (C=O) groups excluding carboxylic acids is 1. The summed E-state index contributed by atoms with van der Waals surface area (Å²) in [5.41, 5.74) is 2.50. The van der Waals surface area contributed by atoms with Gasteiger partial charge in [-0.25, -0.2) is 4.98 Å². The van der Waals surface area contributed by atoms with Crippen LogP contribution in [0.25, 0.3) is 10.8 Å². The van der Waals surface area contributed by atoms with Crippen molar-refractivity contribution in [1.29, 1.82) is 0 Å². The zero-order chi connectivity index (χ0) is 16.1. The van der Waals surface area contributed by atoms with Crippen molar-refractivity contribution in [3.63, 3.8) is 0 Å². The average Bonchev–Trinajstić information content (AvgIpc) is 2.90. The second kappa shape index (κ2) is 4.78. The van der Waals surface area contributed by atoms with Crippen molar-refractivity contribution >= 4 is 22.3 Å². The van der Waals surface area contributed by atoms with Gasteiger partial charge in [0.1, 0.15) is 22.9 Å². The van der Waals surface area contributed by atoms with E-state index < -0.39 is 0 Å². The van der Waals surface area contributed by atoms with Crippen molar-refractivity contribution in [3.8, 4) is 0 Å². The summed E-state index contributed by atoms with van der Waals surface area (Å²) in [5.74, 6) is 0.667. The molecule has 0 radical (unpaired) electrons. The first-order chi connectivity index (χ1) is 11.2. The van der Waals surface area contributed by atoms with Gasteiger partial charge in [-0.05, 0) is 36.8 Å². The summed E-state index contributed by atoms with van der Waals surface area (Å²) in [6.45, 7) is 4.46. The van der Waals surface area contributed by atoms with Gasteiger partial charge in [0.05, 0.1) is 0 Å². The third-order valence-corrected chi connectivity index (χ3v) is 4.40. The van der Waals surface area contributed by atoms with E-state index in [0.717, 1.165) is 16.6 Å². The van der Waals surface area contributed by atoms with Gasteiger partial charge in [0.25, 0.3) is 0 Å². The van der Waals surface area contributed by atoms with Gasteiger partial charge in [0.2, 0.25) is 5.78 Å². The van der Waals surface area contributed by atoms with E-state index in [1.165, 1.54) is 0 Å². The second-order valence-electron chi connectivity index (χ2n) is 5.62. The lowest BCUT2D eigenvalue weighted by Gasteiger charge is -2.18. The van der Waals surface area contributed by atoms with Crippen LogP contribution in [0.2, 0.25) is 0 Å². The van der Waals surface area contributed by atoms with Crippen LogP contribution in [0, 0.1) is 6.92 Å². The minimum absolute atomic E-state index is 0.0735. The number of ketones is 1. The number of rotatable bonds is 1. The van der Waals surface area contributed by atoms with Gasteiger partial charge in [-0.2, -0.15) is 0 Å². The molecule has 0 bridgehead atoms. The van der Waals surface area contributed by atoms with Crippen molar-refractivity contribution in [2.75, 3.05) is 0 Å². The Bertz CT molecular complexity index is 999. The molecule has 0 amide bonds. The molecule has 0 aliphatic heterocycles. The zero-order valence-corrected chi connectivity index (χ0v) is 12.9. The van der Waals surface area contributed by atoms with E-state index in [2.05, 4.69) is 10.1 Å². The first kappa shape index (κ1) is 13.7. The van der Waals surface area contributed by atoms with Crippen LogP contribution in [0.15, 0.2) is 41.6 Å². The summed E-state index contributed by atoms with van der Waals surface area (Å²) in [6.07, 6.45) is 0. The van der Waals surface area contributed by atoms with Crippen LogP contribution < -0.4 is 0 Å². The molecule has 1 N–H and O–H groups in total. The predicted molar refractivity (Wildman–Crippen MR) is 87.4 cm³/mol. The smallest absolute Gasteiger partial charge is 0.212 e. The van der Waals surface area contributed by atoms with E-state index in [9.17, 15) is 10.0 Å². The Morgan fingerprint density at radius 2 is 1.83 bits per heavy atom. The molecule has 2 aromatic carbocycles. The number of hydrogen-bond acceptors (Lipinski definition) is 4. The molecule has 1 aliphatic carbocycles. The molecule has 0 unspecified atom stereocenters. The standard InChI is InChI=1S/C18H15N3O2/c1-3-21-10(2)19-16-15(20-23)13-8-11-6-4-5-7-12(11)9-14(13)18(22)17(16)21/h4-9,23H,3H2,1-2H3/b20-15+. The molecule has 0 spiro atoms. The lowest BCUT2D eigenvalue weighted by molar-refractivity contribution is 0.102. The number of aryl methyl sites for hydroxylation is 1. The maximum absolute atomic E-state index is 13.0. The molecule has 0 fully saturated rings. The highest BCUT2D eigenvalue weighted by molar-refractivity contribution is 6.29. The molecule has 0 atom stereocenters. The van der Waals surface area contributed by atoms with Gasteiger partial charge in [0, 0.05) is 17.7 Å². The van der Waals surface area contributed by atoms with Crippen LogP contribution in [0.5, 0.6) is 0 Å². The average molecular weight is 305 g/mol. The van der Waals surface area contributed by atoms with Gasteiger partial charge in [-0.3, -0.25) is 4.79 Å². The molecule has 0 saturated heterocycles. The Morgan fingerprint density at radius 1 is 1.17 bits per heavy atom. The van der Waals surface area contributed by atoms with Crippen LogP contribution in [0.4, 0.5) is 0 Å². The Hall–Kier alpha value is -2.95. The number of imidazole rings is 1. The van der Waals surface area contributed by atoms with Gasteiger partial charge in [0.15, 0.2) is 0 Å². The van der Waals surface area contributed by atoms with E-state index in [-0.39, 0.29) is 5.78 Å². The van der Waals surface area contributed by atoms with E-state index >= 15 is 0 Å². The van der Waals surface area contributed by atoms with E-state index in [4.69, 9.17) is 0 Å². The molecule has 1 heterocycles. The normalized spacial score (nSPS) is 15.0. The van der Waals surface area contributed by atoms with Crippen molar-refractivity contribution in [3.05, 3.63) is 64.7 Å². The number of hydrogen-bond donors (Lipinski definition) is 1. The van der Waals surface area contributed by atoms with Gasteiger partial charge < -0.3 is 9.77 Å². The summed E-state index contributed by atoms with van der Waals surface area (Å²) in [4.78, 5) is 17.5. The van der Waals surface area contributed by atoms with E-state index in [1.807, 2.05) is 54.8 Å². The predicted octanol–water partition coefficient (Wildman–Crippen LogP) is 3.14. The summed E-state index contributed by atoms with van der Waals surface area (Å²) < 4.78 is 1.86. The van der Waals surface area contributed by atoms with Crippen LogP contribution in [-0.2, 0) is 6.54 Å². The molecule has 114 valence electrons. The van der Waals surface area contributed by atoms with Crippen LogP contribution in [-0.4, -0.2) is 26.3 Å². The topological polar surface area (TPSA) is 67.5 Å². The highest BCUT2D eigenvalue weighted by atomic mass is 16.4. The minimum atomic E-state index is -0.0735. The molecule has 4 rings (SSSR count). The van der Waals surface area contributed by atoms with E-state index in [1.54, 1.807) is 0 Å². The van der Waals surface area contributed by atoms with Crippen molar-refractivity contribution < 1.29 is 10.0 Å². The summed E-state index contributed by atoms with van der Waals surface area (Å²) in [7, 11) is 0. The maximum atomic E-state index is 13.0. The Balaban J connectivity index is 2.09. The number of oxime groups is 1. The molecule has 23 heavy (non-hydrogen) atoms. The molecule has 5 heteroatoms. The number of benzene rings is 2. The molecule has 5 nitrogen and oxygen atoms in total. The molecule has 1 aliphatic rings. The molecule has 1 aromatic heterocycles. The highest BCUT2D eigenvalue weighted by Gasteiger charge is 2.34. The Kier molecular flexibility index (Phi) is 2.84. The van der Waals surface area contributed by atoms with Crippen LogP contribution in [0.1, 0.15) is 40.1 Å². The van der Waals surface area contributed by atoms with Gasteiger partial charge in [-0.15, -0.1) is 0 Å². The fourth-order valence-corrected chi connectivity index (χ4v) is 3.33. The fourth-order valence-electron chi connectivity index (χ4n) is 3.33. The summed E-state index contributed by atoms with van der Waals surface area (Å²) in [5, 5.41) is 15.0. The largest absolute Gasteiger partial charge is 0.410 e. The lowest BCUT2D eigenvalue weighted by Crippen LogP contribution is -2.24. The SMILES string of the molecule is CCn1c(C)nc2c1C(=O)c1cc3ccccc3cc1/C2=N\O. The Morgan fingerprint density at radius 3 is 2.43 bits per heavy atom. The summed E-state index contributed by atoms with van der Waals surface area (Å²) in [6, 6.07) is 11.6. The van der Waals surface area contributed by atoms with Crippen molar-refractivity contribution in [1.82, 2.24) is 9.55 Å². The molecular weight excluding hydrogens is 290 g/mol. The third-order valence-electron chi connectivity index (χ3n) is 4.40. The van der Waals surface area contributed by atoms with E-state index in [0.29, 0.717) is 34.8 Å². The van der Waals surface area contributed by atoms with Gasteiger partial charge >= 0.3 is 0 Å². The fraction of sp³-hybridized carbons (Fsp3) is 0.167. The Labute approximate surface area is 132 Å². The zero-order valence-electron chi connectivity index (χ0n) is 12.9. The third kappa shape index (κ3) is 1.76. The quantitative estimate of drug-likeness (QED) is 0.434. The minimum Gasteiger partial charge on any atom is -0.410 e. The number of aromatic nitrogens is 2. The highest BCUT2D eigenvalue weighted by Crippen LogP contribution is 2.31.